The fourth-order valence-corrected chi connectivity index (χ4v) is 4.59. The number of hydrogen-bond acceptors (Lipinski definition) is 7. The molecule has 0 bridgehead atoms. The minimum absolute atomic E-state index is 0.143. The van der Waals surface area contributed by atoms with Gasteiger partial charge in [0.1, 0.15) is 0 Å². The standard InChI is InChI=1S/C16H20ClN5OS2/c1-2-18-15-19-20-16(25-15)24-11-14(23)22-9-7-21(8-10-22)13-6-4-3-5-12(13)17/h3-6H,2,7-11H2,1H3,(H,18,19). The van der Waals surface area contributed by atoms with E-state index in [1.54, 1.807) is 0 Å². The fourth-order valence-electron chi connectivity index (χ4n) is 2.61. The zero-order chi connectivity index (χ0) is 17.6. The van der Waals surface area contributed by atoms with Gasteiger partial charge in [-0.05, 0) is 19.1 Å². The molecule has 0 unspecified atom stereocenters. The third-order valence-corrected chi connectivity index (χ3v) is 6.20. The predicted octanol–water partition coefficient (Wildman–Crippen LogP) is 3.06. The van der Waals surface area contributed by atoms with Crippen molar-refractivity contribution >= 4 is 51.4 Å². The van der Waals surface area contributed by atoms with Gasteiger partial charge in [0.05, 0.1) is 16.5 Å². The van der Waals surface area contributed by atoms with Crippen LogP contribution in [0.25, 0.3) is 0 Å². The van der Waals surface area contributed by atoms with E-state index in [9.17, 15) is 4.79 Å². The lowest BCUT2D eigenvalue weighted by molar-refractivity contribution is -0.128. The number of nitrogens with zero attached hydrogens (tertiary/aromatic N) is 4. The van der Waals surface area contributed by atoms with Crippen LogP contribution in [0.15, 0.2) is 28.6 Å². The number of piperazine rings is 1. The quantitative estimate of drug-likeness (QED) is 0.756. The van der Waals surface area contributed by atoms with E-state index in [-0.39, 0.29) is 5.91 Å². The van der Waals surface area contributed by atoms with E-state index >= 15 is 0 Å². The molecule has 1 aliphatic rings. The number of thioether (sulfide) groups is 1. The average molecular weight is 398 g/mol. The van der Waals surface area contributed by atoms with Gasteiger partial charge in [0.2, 0.25) is 11.0 Å². The second-order valence-corrected chi connectivity index (χ2v) is 8.12. The molecule has 1 fully saturated rings. The molecule has 1 aliphatic heterocycles. The fraction of sp³-hybridized carbons (Fsp3) is 0.438. The Morgan fingerprint density at radius 1 is 1.28 bits per heavy atom. The summed E-state index contributed by atoms with van der Waals surface area (Å²) in [6.07, 6.45) is 0. The van der Waals surface area contributed by atoms with Crippen molar-refractivity contribution in [1.29, 1.82) is 0 Å². The Hall–Kier alpha value is -1.51. The van der Waals surface area contributed by atoms with Crippen LogP contribution >= 0.6 is 34.7 Å². The van der Waals surface area contributed by atoms with Gasteiger partial charge in [-0.3, -0.25) is 4.79 Å². The second-order valence-electron chi connectivity index (χ2n) is 5.51. The van der Waals surface area contributed by atoms with Gasteiger partial charge in [0.15, 0.2) is 4.34 Å². The number of carbonyl (C=O) groups is 1. The van der Waals surface area contributed by atoms with E-state index in [1.165, 1.54) is 23.1 Å². The highest BCUT2D eigenvalue weighted by atomic mass is 35.5. The summed E-state index contributed by atoms with van der Waals surface area (Å²) in [7, 11) is 0. The maximum Gasteiger partial charge on any atom is 0.233 e. The summed E-state index contributed by atoms with van der Waals surface area (Å²) in [4.78, 5) is 16.6. The van der Waals surface area contributed by atoms with Crippen molar-refractivity contribution in [2.24, 2.45) is 0 Å². The molecule has 134 valence electrons. The van der Waals surface area contributed by atoms with E-state index in [0.717, 1.165) is 39.8 Å². The Labute approximate surface area is 160 Å². The minimum Gasteiger partial charge on any atom is -0.367 e. The summed E-state index contributed by atoms with van der Waals surface area (Å²) in [5.41, 5.74) is 1.04. The smallest absolute Gasteiger partial charge is 0.233 e. The summed E-state index contributed by atoms with van der Waals surface area (Å²) in [5, 5.41) is 12.8. The number of carbonyl (C=O) groups excluding carboxylic acids is 1. The van der Waals surface area contributed by atoms with Gasteiger partial charge in [0, 0.05) is 32.7 Å². The molecule has 1 aromatic heterocycles. The SMILES string of the molecule is CCNc1nnc(SCC(=O)N2CCN(c3ccccc3Cl)CC2)s1. The van der Waals surface area contributed by atoms with Gasteiger partial charge in [0.25, 0.3) is 0 Å². The largest absolute Gasteiger partial charge is 0.367 e. The summed E-state index contributed by atoms with van der Waals surface area (Å²) in [6.45, 7) is 5.84. The first-order chi connectivity index (χ1) is 12.2. The van der Waals surface area contributed by atoms with Gasteiger partial charge in [-0.15, -0.1) is 10.2 Å². The van der Waals surface area contributed by atoms with Crippen molar-refractivity contribution in [3.05, 3.63) is 29.3 Å². The highest BCUT2D eigenvalue weighted by Gasteiger charge is 2.22. The molecule has 0 atom stereocenters. The maximum absolute atomic E-state index is 12.4. The molecule has 2 aromatic rings. The van der Waals surface area contributed by atoms with Gasteiger partial charge in [-0.2, -0.15) is 0 Å². The summed E-state index contributed by atoms with van der Waals surface area (Å²) < 4.78 is 0.819. The lowest BCUT2D eigenvalue weighted by Gasteiger charge is -2.36. The van der Waals surface area contributed by atoms with Crippen molar-refractivity contribution in [1.82, 2.24) is 15.1 Å². The van der Waals surface area contributed by atoms with E-state index in [2.05, 4.69) is 20.4 Å². The summed E-state index contributed by atoms with van der Waals surface area (Å²) in [5.74, 6) is 0.538. The third kappa shape index (κ3) is 4.77. The molecule has 3 rings (SSSR count). The highest BCUT2D eigenvalue weighted by molar-refractivity contribution is 8.01. The average Bonchev–Trinajstić information content (AvgIpc) is 3.08. The van der Waals surface area contributed by atoms with Crippen LogP contribution in [0.4, 0.5) is 10.8 Å². The zero-order valence-corrected chi connectivity index (χ0v) is 16.3. The van der Waals surface area contributed by atoms with Crippen LogP contribution in [-0.2, 0) is 4.79 Å². The first-order valence-corrected chi connectivity index (χ1v) is 10.3. The molecule has 0 aliphatic carbocycles. The van der Waals surface area contributed by atoms with Crippen molar-refractivity contribution in [3.63, 3.8) is 0 Å². The third-order valence-electron chi connectivity index (χ3n) is 3.88. The number of amides is 1. The first kappa shape index (κ1) is 18.3. The van der Waals surface area contributed by atoms with Gasteiger partial charge >= 0.3 is 0 Å². The number of aromatic nitrogens is 2. The summed E-state index contributed by atoms with van der Waals surface area (Å²) in [6, 6.07) is 7.83. The van der Waals surface area contributed by atoms with Gasteiger partial charge in [-0.25, -0.2) is 0 Å². The number of halogens is 1. The Morgan fingerprint density at radius 2 is 2.04 bits per heavy atom. The van der Waals surface area contributed by atoms with Crippen molar-refractivity contribution in [3.8, 4) is 0 Å². The monoisotopic (exact) mass is 397 g/mol. The molecule has 1 N–H and O–H groups in total. The molecule has 0 saturated carbocycles. The van der Waals surface area contributed by atoms with Crippen LogP contribution in [0, 0.1) is 0 Å². The first-order valence-electron chi connectivity index (χ1n) is 8.15. The van der Waals surface area contributed by atoms with Crippen molar-refractivity contribution < 1.29 is 4.79 Å². The van der Waals surface area contributed by atoms with E-state index in [1.807, 2.05) is 36.1 Å². The Kier molecular flexibility index (Phi) is 6.39. The molecule has 1 aromatic carbocycles. The van der Waals surface area contributed by atoms with Crippen LogP contribution in [0.1, 0.15) is 6.92 Å². The Morgan fingerprint density at radius 3 is 2.76 bits per heavy atom. The van der Waals surface area contributed by atoms with Gasteiger partial charge in [-0.1, -0.05) is 46.8 Å². The van der Waals surface area contributed by atoms with E-state index in [0.29, 0.717) is 18.8 Å². The number of para-hydroxylation sites is 1. The molecule has 25 heavy (non-hydrogen) atoms. The molecule has 6 nitrogen and oxygen atoms in total. The minimum atomic E-state index is 0.143. The van der Waals surface area contributed by atoms with Crippen LogP contribution in [0.5, 0.6) is 0 Å². The van der Waals surface area contributed by atoms with Crippen LogP contribution in [0.3, 0.4) is 0 Å². The molecule has 0 radical (unpaired) electrons. The number of hydrogen-bond donors (Lipinski definition) is 1. The normalized spacial score (nSPS) is 14.6. The zero-order valence-electron chi connectivity index (χ0n) is 13.9. The number of anilines is 2. The molecule has 9 heteroatoms. The predicted molar refractivity (Wildman–Crippen MR) is 105 cm³/mol. The summed E-state index contributed by atoms with van der Waals surface area (Å²) >= 11 is 9.18. The number of benzene rings is 1. The molecule has 1 saturated heterocycles. The maximum atomic E-state index is 12.4. The molecule has 0 spiro atoms. The highest BCUT2D eigenvalue weighted by Crippen LogP contribution is 2.27. The topological polar surface area (TPSA) is 61.4 Å². The molecular weight excluding hydrogens is 378 g/mol. The van der Waals surface area contributed by atoms with Gasteiger partial charge < -0.3 is 15.1 Å². The number of nitrogens with one attached hydrogen (secondary N) is 1. The lowest BCUT2D eigenvalue weighted by Crippen LogP contribution is -2.49. The van der Waals surface area contributed by atoms with Crippen molar-refractivity contribution in [2.75, 3.05) is 48.7 Å². The van der Waals surface area contributed by atoms with Crippen molar-refractivity contribution in [2.45, 2.75) is 11.3 Å². The lowest BCUT2D eigenvalue weighted by atomic mass is 10.2. The molecule has 2 heterocycles. The Bertz CT molecular complexity index is 718. The van der Waals surface area contributed by atoms with E-state index < -0.39 is 0 Å². The molecular formula is C16H20ClN5OS2. The van der Waals surface area contributed by atoms with Crippen LogP contribution in [0.2, 0.25) is 5.02 Å². The number of rotatable bonds is 6. The second kappa shape index (κ2) is 8.73. The molecule has 1 amide bonds. The Balaban J connectivity index is 1.47. The van der Waals surface area contributed by atoms with E-state index in [4.69, 9.17) is 11.6 Å². The van der Waals surface area contributed by atoms with Crippen LogP contribution in [-0.4, -0.2) is 59.5 Å². The van der Waals surface area contributed by atoms with Crippen LogP contribution < -0.4 is 10.2 Å².